The third-order valence-electron chi connectivity index (χ3n) is 1.39. The summed E-state index contributed by atoms with van der Waals surface area (Å²) < 4.78 is 0. The van der Waals surface area contributed by atoms with Crippen LogP contribution in [0, 0.1) is 0 Å². The lowest BCUT2D eigenvalue weighted by molar-refractivity contribution is 1.50. The van der Waals surface area contributed by atoms with Crippen LogP contribution in [0.1, 0.15) is 6.92 Å². The topological polar surface area (TPSA) is 0 Å². The third-order valence-corrected chi connectivity index (χ3v) is 3.47. The summed E-state index contributed by atoms with van der Waals surface area (Å²) in [5.74, 6) is 0. The number of hydrogen-bond donors (Lipinski definition) is 0. The van der Waals surface area contributed by atoms with Gasteiger partial charge >= 0.3 is 0 Å². The van der Waals surface area contributed by atoms with Gasteiger partial charge in [-0.3, -0.25) is 0 Å². The molecule has 1 atom stereocenters. The molecular weight excluding hydrogens is 139 g/mol. The normalized spacial score (nSPS) is 13.4. The summed E-state index contributed by atoms with van der Waals surface area (Å²) in [5.41, 5.74) is 0. The Kier molecular flexibility index (Phi) is 5.25. The summed E-state index contributed by atoms with van der Waals surface area (Å²) in [6, 6.07) is 0. The van der Waals surface area contributed by atoms with Crippen LogP contribution < -0.4 is 0 Å². The van der Waals surface area contributed by atoms with Crippen molar-refractivity contribution in [1.29, 1.82) is 0 Å². The van der Waals surface area contributed by atoms with Crippen LogP contribution in [-0.4, -0.2) is 12.8 Å². The predicted octanol–water partition coefficient (Wildman–Crippen LogP) is 3.37. The van der Waals surface area contributed by atoms with Gasteiger partial charge in [0.1, 0.15) is 0 Å². The zero-order chi connectivity index (χ0) is 7.98. The van der Waals surface area contributed by atoms with E-state index in [1.165, 1.54) is 11.5 Å². The molecule has 0 saturated carbocycles. The van der Waals surface area contributed by atoms with Crippen LogP contribution >= 0.6 is 7.92 Å². The summed E-state index contributed by atoms with van der Waals surface area (Å²) in [4.78, 5) is 0. The Bertz CT molecular complexity index is 145. The first-order valence-electron chi connectivity index (χ1n) is 3.41. The average molecular weight is 154 g/mol. The van der Waals surface area contributed by atoms with E-state index in [1.54, 1.807) is 6.08 Å². The highest BCUT2D eigenvalue weighted by Crippen LogP contribution is 2.39. The highest BCUT2D eigenvalue weighted by Gasteiger charge is 1.96. The first kappa shape index (κ1) is 9.65. The molecule has 1 heteroatoms. The Hall–Kier alpha value is -0.350. The van der Waals surface area contributed by atoms with E-state index in [1.807, 2.05) is 12.2 Å². The summed E-state index contributed by atoms with van der Waals surface area (Å²) in [7, 11) is 0.0198. The molecule has 0 bridgehead atoms. The highest BCUT2D eigenvalue weighted by molar-refractivity contribution is 7.61. The number of allylic oxidation sites excluding steroid dienone is 4. The molecule has 0 aliphatic carbocycles. The van der Waals surface area contributed by atoms with Gasteiger partial charge in [-0.05, 0) is 18.1 Å². The minimum absolute atomic E-state index is 0.0198. The maximum Gasteiger partial charge on any atom is -0.0315 e. The maximum absolute atomic E-state index is 3.96. The highest BCUT2D eigenvalue weighted by atomic mass is 31.1. The van der Waals surface area contributed by atoms with Gasteiger partial charge in [0.2, 0.25) is 0 Å². The molecule has 0 aromatic rings. The van der Waals surface area contributed by atoms with Crippen molar-refractivity contribution in [1.82, 2.24) is 0 Å². The van der Waals surface area contributed by atoms with Crippen LogP contribution in [0.3, 0.4) is 0 Å². The van der Waals surface area contributed by atoms with Crippen molar-refractivity contribution in [2.24, 2.45) is 0 Å². The van der Waals surface area contributed by atoms with Crippen molar-refractivity contribution >= 4 is 7.92 Å². The van der Waals surface area contributed by atoms with Gasteiger partial charge in [0, 0.05) is 0 Å². The molecular formula is C9H15P. The zero-order valence-electron chi connectivity index (χ0n) is 6.80. The molecule has 0 aromatic heterocycles. The zero-order valence-corrected chi connectivity index (χ0v) is 7.70. The second-order valence-corrected chi connectivity index (χ2v) is 4.70. The Morgan fingerprint density at radius 1 is 1.60 bits per heavy atom. The molecule has 0 nitrogen and oxygen atoms in total. The molecule has 0 radical (unpaired) electrons. The summed E-state index contributed by atoms with van der Waals surface area (Å²) >= 11 is 0. The van der Waals surface area contributed by atoms with Crippen LogP contribution in [0.2, 0.25) is 0 Å². The number of hydrogen-bond acceptors (Lipinski definition) is 0. The Morgan fingerprint density at radius 3 is 2.60 bits per heavy atom. The van der Waals surface area contributed by atoms with Crippen LogP contribution in [0.15, 0.2) is 36.7 Å². The summed E-state index contributed by atoms with van der Waals surface area (Å²) in [6.45, 7) is 12.0. The molecule has 0 fully saturated rings. The van der Waals surface area contributed by atoms with E-state index in [0.717, 1.165) is 0 Å². The molecule has 0 spiro atoms. The van der Waals surface area contributed by atoms with Crippen LogP contribution in [0.25, 0.3) is 0 Å². The molecule has 56 valence electrons. The van der Waals surface area contributed by atoms with Crippen molar-refractivity contribution < 1.29 is 0 Å². The molecule has 0 heterocycles. The van der Waals surface area contributed by atoms with E-state index >= 15 is 0 Å². The SMILES string of the molecule is C=C/C=C\C(=C)P(C)CC. The van der Waals surface area contributed by atoms with E-state index < -0.39 is 0 Å². The van der Waals surface area contributed by atoms with E-state index in [4.69, 9.17) is 0 Å². The standard InChI is InChI=1S/C9H15P/c1-5-7-8-9(3)10(4)6-2/h5,7-8H,1,3,6H2,2,4H3/b8-7-. The largest absolute Gasteiger partial charge is 0.0991 e. The fraction of sp³-hybridized carbons (Fsp3) is 0.333. The van der Waals surface area contributed by atoms with Crippen molar-refractivity contribution in [2.75, 3.05) is 12.8 Å². The van der Waals surface area contributed by atoms with Gasteiger partial charge in [0.15, 0.2) is 0 Å². The van der Waals surface area contributed by atoms with Gasteiger partial charge in [0.05, 0.1) is 0 Å². The minimum Gasteiger partial charge on any atom is -0.0991 e. The molecule has 0 aromatic carbocycles. The second kappa shape index (κ2) is 5.44. The van der Waals surface area contributed by atoms with Crippen molar-refractivity contribution in [2.45, 2.75) is 6.92 Å². The fourth-order valence-corrected chi connectivity index (χ4v) is 1.26. The molecule has 0 rings (SSSR count). The third kappa shape index (κ3) is 3.63. The van der Waals surface area contributed by atoms with Gasteiger partial charge in [0.25, 0.3) is 0 Å². The van der Waals surface area contributed by atoms with Crippen LogP contribution in [-0.2, 0) is 0 Å². The van der Waals surface area contributed by atoms with Gasteiger partial charge in [-0.15, -0.1) is 0 Å². The van der Waals surface area contributed by atoms with E-state index in [9.17, 15) is 0 Å². The lowest BCUT2D eigenvalue weighted by atomic mass is 10.5. The molecule has 0 aliphatic rings. The van der Waals surface area contributed by atoms with Crippen molar-refractivity contribution in [3.63, 3.8) is 0 Å². The van der Waals surface area contributed by atoms with Gasteiger partial charge in [-0.2, -0.15) is 0 Å². The molecule has 0 amide bonds. The molecule has 0 saturated heterocycles. The molecule has 0 N–H and O–H groups in total. The van der Waals surface area contributed by atoms with Crippen LogP contribution in [0.4, 0.5) is 0 Å². The second-order valence-electron chi connectivity index (χ2n) is 2.10. The first-order chi connectivity index (χ1) is 4.72. The fourth-order valence-electron chi connectivity index (χ4n) is 0.509. The Balaban J connectivity index is 3.83. The molecule has 10 heavy (non-hydrogen) atoms. The maximum atomic E-state index is 3.96. The quantitative estimate of drug-likeness (QED) is 0.430. The lowest BCUT2D eigenvalue weighted by Crippen LogP contribution is -1.76. The average Bonchev–Trinajstić information content (AvgIpc) is 1.98. The molecule has 1 unspecified atom stereocenters. The van der Waals surface area contributed by atoms with E-state index in [-0.39, 0.29) is 7.92 Å². The first-order valence-corrected chi connectivity index (χ1v) is 5.39. The molecule has 0 aliphatic heterocycles. The Labute approximate surface area is 65.1 Å². The van der Waals surface area contributed by atoms with E-state index in [0.29, 0.717) is 0 Å². The summed E-state index contributed by atoms with van der Waals surface area (Å²) in [6.07, 6.45) is 6.98. The van der Waals surface area contributed by atoms with Gasteiger partial charge in [-0.1, -0.05) is 46.2 Å². The monoisotopic (exact) mass is 154 g/mol. The lowest BCUT2D eigenvalue weighted by Gasteiger charge is -2.07. The van der Waals surface area contributed by atoms with Crippen molar-refractivity contribution in [3.05, 3.63) is 36.7 Å². The van der Waals surface area contributed by atoms with Gasteiger partial charge in [-0.25, -0.2) is 0 Å². The Morgan fingerprint density at radius 2 is 2.20 bits per heavy atom. The van der Waals surface area contributed by atoms with E-state index in [2.05, 4.69) is 26.7 Å². The minimum atomic E-state index is 0.0198. The van der Waals surface area contributed by atoms with Crippen LogP contribution in [0.5, 0.6) is 0 Å². The van der Waals surface area contributed by atoms with Gasteiger partial charge < -0.3 is 0 Å². The smallest absolute Gasteiger partial charge is 0.0315 e. The van der Waals surface area contributed by atoms with Crippen molar-refractivity contribution in [3.8, 4) is 0 Å². The number of rotatable bonds is 4. The summed E-state index contributed by atoms with van der Waals surface area (Å²) in [5, 5.41) is 1.25. The predicted molar refractivity (Wildman–Crippen MR) is 51.9 cm³/mol.